The molecule has 0 bridgehead atoms. The number of piperidine rings is 1. The zero-order valence-electron chi connectivity index (χ0n) is 15.3. The molecule has 2 amide bonds. The molecule has 1 aromatic heterocycles. The minimum Gasteiger partial charge on any atom is -0.392 e. The highest BCUT2D eigenvalue weighted by molar-refractivity contribution is 5.88. The maximum Gasteiger partial charge on any atom is 0.323 e. The molecule has 1 aromatic rings. The number of rotatable bonds is 5. The third-order valence-corrected chi connectivity index (χ3v) is 5.53. The normalized spacial score (nSPS) is 20.4. The molecule has 6 nitrogen and oxygen atoms in total. The number of nitrogens with one attached hydrogen (secondary N) is 1. The van der Waals surface area contributed by atoms with Crippen molar-refractivity contribution >= 4 is 11.8 Å². The van der Waals surface area contributed by atoms with Crippen molar-refractivity contribution < 1.29 is 9.90 Å². The smallest absolute Gasteiger partial charge is 0.323 e. The molecule has 2 fully saturated rings. The van der Waals surface area contributed by atoms with Gasteiger partial charge in [0.15, 0.2) is 0 Å². The number of aliphatic hydroxyl groups is 1. The van der Waals surface area contributed by atoms with Crippen LogP contribution in [0.25, 0.3) is 0 Å². The van der Waals surface area contributed by atoms with Crippen LogP contribution in [-0.2, 0) is 0 Å². The fraction of sp³-hybridized carbons (Fsp3) is 0.684. The number of carbonyl (C=O) groups excluding carboxylic acids is 1. The third-order valence-electron chi connectivity index (χ3n) is 5.53. The Morgan fingerprint density at radius 3 is 2.60 bits per heavy atom. The molecule has 6 heteroatoms. The molecule has 0 aromatic carbocycles. The van der Waals surface area contributed by atoms with Gasteiger partial charge in [0.05, 0.1) is 6.10 Å². The number of aromatic nitrogens is 1. The van der Waals surface area contributed by atoms with Crippen LogP contribution in [0.1, 0.15) is 50.5 Å². The summed E-state index contributed by atoms with van der Waals surface area (Å²) >= 11 is 0. The Morgan fingerprint density at radius 1 is 1.36 bits per heavy atom. The zero-order chi connectivity index (χ0) is 17.8. The van der Waals surface area contributed by atoms with Crippen LogP contribution in [0.2, 0.25) is 0 Å². The van der Waals surface area contributed by atoms with Crippen molar-refractivity contribution in [3.05, 3.63) is 23.9 Å². The lowest BCUT2D eigenvalue weighted by Gasteiger charge is -2.37. The van der Waals surface area contributed by atoms with Crippen LogP contribution in [0.3, 0.4) is 0 Å². The summed E-state index contributed by atoms with van der Waals surface area (Å²) in [4.78, 5) is 20.9. The predicted molar refractivity (Wildman–Crippen MR) is 98.8 cm³/mol. The fourth-order valence-corrected chi connectivity index (χ4v) is 3.73. The fourth-order valence-electron chi connectivity index (χ4n) is 3.73. The van der Waals surface area contributed by atoms with E-state index in [-0.39, 0.29) is 12.1 Å². The minimum absolute atomic E-state index is 0.0690. The average Bonchev–Trinajstić information content (AvgIpc) is 2.54. The van der Waals surface area contributed by atoms with Crippen LogP contribution >= 0.6 is 0 Å². The lowest BCUT2D eigenvalue weighted by atomic mass is 9.81. The third kappa shape index (κ3) is 4.70. The van der Waals surface area contributed by atoms with Gasteiger partial charge in [0.1, 0.15) is 5.82 Å². The lowest BCUT2D eigenvalue weighted by molar-refractivity contribution is 0.0892. The molecule has 138 valence electrons. The standard InChI is InChI=1S/C19H30N4O2/c1-14(24)13-22(2)17-8-10-23(11-9-17)19(25)21-18-7-6-16(12-20-18)15-4-3-5-15/h6-7,12,14-15,17,24H,3-5,8-11,13H2,1-2H3,(H,20,21,25). The number of anilines is 1. The molecule has 1 saturated heterocycles. The molecule has 0 radical (unpaired) electrons. The Hall–Kier alpha value is -1.66. The first kappa shape index (κ1) is 18.1. The highest BCUT2D eigenvalue weighted by Gasteiger charge is 2.26. The molecule has 1 atom stereocenters. The Morgan fingerprint density at radius 2 is 2.08 bits per heavy atom. The van der Waals surface area contributed by atoms with E-state index in [9.17, 15) is 9.90 Å². The molecule has 1 aliphatic carbocycles. The molecule has 1 saturated carbocycles. The first-order valence-electron chi connectivity index (χ1n) is 9.43. The molecule has 1 unspecified atom stereocenters. The average molecular weight is 346 g/mol. The number of urea groups is 1. The van der Waals surface area contributed by atoms with Crippen molar-refractivity contribution in [2.75, 3.05) is 32.0 Å². The molecular formula is C19H30N4O2. The maximum atomic E-state index is 12.4. The quantitative estimate of drug-likeness (QED) is 0.860. The summed E-state index contributed by atoms with van der Waals surface area (Å²) in [6.45, 7) is 3.96. The van der Waals surface area contributed by atoms with E-state index in [1.807, 2.05) is 31.1 Å². The van der Waals surface area contributed by atoms with Gasteiger partial charge in [-0.15, -0.1) is 0 Å². The van der Waals surface area contributed by atoms with Crippen LogP contribution < -0.4 is 5.32 Å². The Bertz CT molecular complexity index is 563. The number of likely N-dealkylation sites (tertiary alicyclic amines) is 1. The van der Waals surface area contributed by atoms with Gasteiger partial charge in [-0.05, 0) is 57.2 Å². The first-order valence-corrected chi connectivity index (χ1v) is 9.43. The Kier molecular flexibility index (Phi) is 5.91. The number of hydrogen-bond donors (Lipinski definition) is 2. The first-order chi connectivity index (χ1) is 12.0. The summed E-state index contributed by atoms with van der Waals surface area (Å²) in [6.07, 6.45) is 7.27. The van der Waals surface area contributed by atoms with E-state index >= 15 is 0 Å². The van der Waals surface area contributed by atoms with Gasteiger partial charge in [-0.25, -0.2) is 9.78 Å². The van der Waals surface area contributed by atoms with Crippen molar-refractivity contribution in [2.24, 2.45) is 0 Å². The van der Waals surface area contributed by atoms with E-state index in [1.54, 1.807) is 0 Å². The minimum atomic E-state index is -0.319. The monoisotopic (exact) mass is 346 g/mol. The van der Waals surface area contributed by atoms with E-state index in [0.29, 0.717) is 24.3 Å². The SMILES string of the molecule is CC(O)CN(C)C1CCN(C(=O)Nc2ccc(C3CCC3)cn2)CC1. The van der Waals surface area contributed by atoms with Gasteiger partial charge < -0.3 is 14.9 Å². The summed E-state index contributed by atoms with van der Waals surface area (Å²) in [5.74, 6) is 1.29. The van der Waals surface area contributed by atoms with Gasteiger partial charge in [-0.1, -0.05) is 12.5 Å². The van der Waals surface area contributed by atoms with E-state index in [1.165, 1.54) is 24.8 Å². The van der Waals surface area contributed by atoms with Crippen LogP contribution in [0.5, 0.6) is 0 Å². The summed E-state index contributed by atoms with van der Waals surface area (Å²) in [6, 6.07) is 4.36. The van der Waals surface area contributed by atoms with Gasteiger partial charge in [-0.3, -0.25) is 5.32 Å². The van der Waals surface area contributed by atoms with E-state index in [0.717, 1.165) is 25.9 Å². The highest BCUT2D eigenvalue weighted by atomic mass is 16.3. The van der Waals surface area contributed by atoms with Crippen molar-refractivity contribution in [3.63, 3.8) is 0 Å². The van der Waals surface area contributed by atoms with E-state index < -0.39 is 0 Å². The second kappa shape index (κ2) is 8.15. The molecule has 3 rings (SSSR count). The van der Waals surface area contributed by atoms with Crippen molar-refractivity contribution in [3.8, 4) is 0 Å². The molecular weight excluding hydrogens is 316 g/mol. The summed E-state index contributed by atoms with van der Waals surface area (Å²) in [7, 11) is 2.04. The Balaban J connectivity index is 1.46. The number of carbonyl (C=O) groups is 1. The zero-order valence-corrected chi connectivity index (χ0v) is 15.3. The van der Waals surface area contributed by atoms with Gasteiger partial charge >= 0.3 is 6.03 Å². The Labute approximate surface area is 150 Å². The number of likely N-dealkylation sites (N-methyl/N-ethyl adjacent to an activating group) is 1. The number of nitrogens with zero attached hydrogens (tertiary/aromatic N) is 3. The van der Waals surface area contributed by atoms with Crippen LogP contribution in [0.4, 0.5) is 10.6 Å². The molecule has 2 N–H and O–H groups in total. The van der Waals surface area contributed by atoms with Crippen molar-refractivity contribution in [1.82, 2.24) is 14.8 Å². The molecule has 25 heavy (non-hydrogen) atoms. The van der Waals surface area contributed by atoms with Gasteiger partial charge in [-0.2, -0.15) is 0 Å². The largest absolute Gasteiger partial charge is 0.392 e. The van der Waals surface area contributed by atoms with Crippen LogP contribution in [-0.4, -0.2) is 64.7 Å². The van der Waals surface area contributed by atoms with Gasteiger partial charge in [0.2, 0.25) is 0 Å². The van der Waals surface area contributed by atoms with Gasteiger partial charge in [0.25, 0.3) is 0 Å². The summed E-state index contributed by atoms with van der Waals surface area (Å²) in [5.41, 5.74) is 1.28. The van der Waals surface area contributed by atoms with Gasteiger partial charge in [0, 0.05) is 31.9 Å². The topological polar surface area (TPSA) is 68.7 Å². The van der Waals surface area contributed by atoms with E-state index in [2.05, 4.69) is 21.3 Å². The number of hydrogen-bond acceptors (Lipinski definition) is 4. The summed E-state index contributed by atoms with van der Waals surface area (Å²) < 4.78 is 0. The number of amides is 2. The molecule has 2 heterocycles. The molecule has 2 aliphatic rings. The van der Waals surface area contributed by atoms with Crippen LogP contribution in [0.15, 0.2) is 18.3 Å². The lowest BCUT2D eigenvalue weighted by Crippen LogP contribution is -2.48. The second-order valence-electron chi connectivity index (χ2n) is 7.54. The number of aliphatic hydroxyl groups excluding tert-OH is 1. The second-order valence-corrected chi connectivity index (χ2v) is 7.54. The van der Waals surface area contributed by atoms with Crippen LogP contribution in [0, 0.1) is 0 Å². The van der Waals surface area contributed by atoms with E-state index in [4.69, 9.17) is 0 Å². The van der Waals surface area contributed by atoms with Crippen molar-refractivity contribution in [1.29, 1.82) is 0 Å². The maximum absolute atomic E-state index is 12.4. The van der Waals surface area contributed by atoms with Crippen molar-refractivity contribution in [2.45, 2.75) is 57.1 Å². The molecule has 0 spiro atoms. The molecule has 1 aliphatic heterocycles. The predicted octanol–water partition coefficient (Wildman–Crippen LogP) is 2.66. The number of pyridine rings is 1. The summed E-state index contributed by atoms with van der Waals surface area (Å²) in [5, 5.41) is 12.4. The highest BCUT2D eigenvalue weighted by Crippen LogP contribution is 2.36.